The molecular weight excluding hydrogens is 240 g/mol. The minimum atomic E-state index is -0.633. The van der Waals surface area contributed by atoms with Gasteiger partial charge in [0.05, 0.1) is 18.4 Å². The zero-order valence-electron chi connectivity index (χ0n) is 10.3. The Hall–Kier alpha value is -1.43. The molecule has 1 aromatic heterocycles. The van der Waals surface area contributed by atoms with E-state index in [0.29, 0.717) is 11.3 Å². The minimum absolute atomic E-state index is 0.0294. The molecule has 0 bridgehead atoms. The van der Waals surface area contributed by atoms with Gasteiger partial charge in [-0.15, -0.1) is 0 Å². The highest BCUT2D eigenvalue weighted by Gasteiger charge is 2.26. The lowest BCUT2D eigenvalue weighted by atomic mass is 10.0. The third kappa shape index (κ3) is 3.26. The predicted molar refractivity (Wildman–Crippen MR) is 65.0 cm³/mol. The zero-order valence-corrected chi connectivity index (χ0v) is 11.1. The molecule has 0 aliphatic heterocycles. The fourth-order valence-electron chi connectivity index (χ4n) is 1.35. The van der Waals surface area contributed by atoms with E-state index in [1.54, 1.807) is 12.3 Å². The Labute approximate surface area is 104 Å². The Morgan fingerprint density at radius 1 is 1.47 bits per heavy atom. The van der Waals surface area contributed by atoms with E-state index in [-0.39, 0.29) is 11.8 Å². The van der Waals surface area contributed by atoms with Crippen molar-refractivity contribution in [3.8, 4) is 0 Å². The summed E-state index contributed by atoms with van der Waals surface area (Å²) in [7, 11) is 1.31. The van der Waals surface area contributed by atoms with Gasteiger partial charge in [0.2, 0.25) is 0 Å². The summed E-state index contributed by atoms with van der Waals surface area (Å²) in [6.45, 7) is 5.45. The molecule has 0 spiro atoms. The Balaban J connectivity index is 2.78. The molecule has 1 rings (SSSR count). The van der Waals surface area contributed by atoms with Gasteiger partial charge in [0.25, 0.3) is 5.91 Å². The standard InChI is InChI=1S/C11H16N2O3S/c1-6(2)9(11(15)16-4)12-10(14)8-5-17-13-7(8)3/h5-6,9H,1-4H3,(H,12,14). The molecule has 94 valence electrons. The fourth-order valence-corrected chi connectivity index (χ4v) is 2.05. The van der Waals surface area contributed by atoms with Crippen molar-refractivity contribution in [2.24, 2.45) is 5.92 Å². The summed E-state index contributed by atoms with van der Waals surface area (Å²) in [4.78, 5) is 23.4. The Kier molecular flexibility index (Phi) is 4.62. The second-order valence-corrected chi connectivity index (χ2v) is 4.66. The second kappa shape index (κ2) is 5.77. The Morgan fingerprint density at radius 2 is 2.12 bits per heavy atom. The molecule has 0 aromatic carbocycles. The molecule has 1 N–H and O–H groups in total. The van der Waals surface area contributed by atoms with Crippen LogP contribution in [0.1, 0.15) is 29.9 Å². The number of amides is 1. The van der Waals surface area contributed by atoms with E-state index in [0.717, 1.165) is 0 Å². The highest BCUT2D eigenvalue weighted by molar-refractivity contribution is 7.03. The zero-order chi connectivity index (χ0) is 13.0. The number of nitrogens with zero attached hydrogens (tertiary/aromatic N) is 1. The van der Waals surface area contributed by atoms with E-state index in [1.165, 1.54) is 18.6 Å². The van der Waals surface area contributed by atoms with Crippen LogP contribution in [0.25, 0.3) is 0 Å². The highest BCUT2D eigenvalue weighted by Crippen LogP contribution is 2.11. The predicted octanol–water partition coefficient (Wildman–Crippen LogP) is 1.38. The van der Waals surface area contributed by atoms with Crippen LogP contribution >= 0.6 is 11.5 Å². The maximum absolute atomic E-state index is 11.9. The van der Waals surface area contributed by atoms with Gasteiger partial charge < -0.3 is 10.1 Å². The molecule has 6 heteroatoms. The monoisotopic (exact) mass is 256 g/mol. The number of rotatable bonds is 4. The molecule has 1 atom stereocenters. The first-order chi connectivity index (χ1) is 7.97. The van der Waals surface area contributed by atoms with Crippen LogP contribution in [0, 0.1) is 12.8 Å². The van der Waals surface area contributed by atoms with Crippen molar-refractivity contribution in [3.05, 3.63) is 16.6 Å². The number of ether oxygens (including phenoxy) is 1. The number of aryl methyl sites for hydroxylation is 1. The van der Waals surface area contributed by atoms with Gasteiger partial charge in [-0.25, -0.2) is 4.79 Å². The topological polar surface area (TPSA) is 68.3 Å². The lowest BCUT2D eigenvalue weighted by molar-refractivity contribution is -0.144. The average molecular weight is 256 g/mol. The van der Waals surface area contributed by atoms with E-state index < -0.39 is 12.0 Å². The van der Waals surface area contributed by atoms with Crippen molar-refractivity contribution in [2.75, 3.05) is 7.11 Å². The van der Waals surface area contributed by atoms with Gasteiger partial charge in [0, 0.05) is 5.38 Å². The molecule has 1 amide bonds. The molecule has 0 aliphatic rings. The first kappa shape index (κ1) is 13.6. The van der Waals surface area contributed by atoms with E-state index in [9.17, 15) is 9.59 Å². The number of carbonyl (C=O) groups is 2. The molecule has 0 radical (unpaired) electrons. The van der Waals surface area contributed by atoms with E-state index in [4.69, 9.17) is 0 Å². The Bertz CT molecular complexity index is 415. The third-order valence-electron chi connectivity index (χ3n) is 2.40. The summed E-state index contributed by atoms with van der Waals surface area (Å²) in [6, 6.07) is -0.633. The third-order valence-corrected chi connectivity index (χ3v) is 3.12. The van der Waals surface area contributed by atoms with E-state index >= 15 is 0 Å². The second-order valence-electron chi connectivity index (χ2n) is 4.03. The van der Waals surface area contributed by atoms with Gasteiger partial charge in [-0.3, -0.25) is 4.79 Å². The largest absolute Gasteiger partial charge is 0.467 e. The number of nitrogens with one attached hydrogen (secondary N) is 1. The first-order valence-corrected chi connectivity index (χ1v) is 6.10. The number of esters is 1. The molecule has 1 aromatic rings. The van der Waals surface area contributed by atoms with Crippen molar-refractivity contribution in [3.63, 3.8) is 0 Å². The van der Waals surface area contributed by atoms with Gasteiger partial charge >= 0.3 is 5.97 Å². The van der Waals surface area contributed by atoms with Gasteiger partial charge in [-0.1, -0.05) is 13.8 Å². The minimum Gasteiger partial charge on any atom is -0.467 e. The maximum atomic E-state index is 11.9. The fraction of sp³-hybridized carbons (Fsp3) is 0.545. The van der Waals surface area contributed by atoms with Crippen molar-refractivity contribution in [1.82, 2.24) is 9.69 Å². The van der Waals surface area contributed by atoms with Crippen LogP contribution in [-0.4, -0.2) is 29.4 Å². The summed E-state index contributed by atoms with van der Waals surface area (Å²) in [5.41, 5.74) is 1.17. The summed E-state index contributed by atoms with van der Waals surface area (Å²) in [5.74, 6) is -0.757. The molecule has 0 fully saturated rings. The van der Waals surface area contributed by atoms with Crippen molar-refractivity contribution in [1.29, 1.82) is 0 Å². The van der Waals surface area contributed by atoms with Crippen molar-refractivity contribution >= 4 is 23.4 Å². The van der Waals surface area contributed by atoms with Gasteiger partial charge in [0.1, 0.15) is 6.04 Å². The number of hydrogen-bond donors (Lipinski definition) is 1. The summed E-state index contributed by atoms with van der Waals surface area (Å²) < 4.78 is 8.67. The molecule has 1 heterocycles. The van der Waals surface area contributed by atoms with Crippen LogP contribution in [-0.2, 0) is 9.53 Å². The Morgan fingerprint density at radius 3 is 2.53 bits per heavy atom. The molecule has 5 nitrogen and oxygen atoms in total. The normalized spacial score (nSPS) is 12.3. The average Bonchev–Trinajstić information content (AvgIpc) is 2.70. The van der Waals surface area contributed by atoms with Crippen molar-refractivity contribution in [2.45, 2.75) is 26.8 Å². The number of hydrogen-bond acceptors (Lipinski definition) is 5. The van der Waals surface area contributed by atoms with Crippen LogP contribution in [0.3, 0.4) is 0 Å². The molecule has 1 unspecified atom stereocenters. The summed E-state index contributed by atoms with van der Waals surface area (Å²) in [6.07, 6.45) is 0. The van der Waals surface area contributed by atoms with Crippen molar-refractivity contribution < 1.29 is 14.3 Å². The smallest absolute Gasteiger partial charge is 0.328 e. The lowest BCUT2D eigenvalue weighted by Crippen LogP contribution is -2.45. The van der Waals surface area contributed by atoms with Crippen LogP contribution in [0.15, 0.2) is 5.38 Å². The van der Waals surface area contributed by atoms with Gasteiger partial charge in [-0.05, 0) is 24.4 Å². The summed E-state index contributed by atoms with van der Waals surface area (Å²) >= 11 is 1.22. The lowest BCUT2D eigenvalue weighted by Gasteiger charge is -2.19. The SMILES string of the molecule is COC(=O)C(NC(=O)c1csnc1C)C(C)C. The molecular formula is C11H16N2O3S. The van der Waals surface area contributed by atoms with Crippen LogP contribution in [0.5, 0.6) is 0 Å². The quantitative estimate of drug-likeness (QED) is 0.826. The molecule has 0 aliphatic carbocycles. The molecule has 0 saturated heterocycles. The van der Waals surface area contributed by atoms with Gasteiger partial charge in [0.15, 0.2) is 0 Å². The number of aromatic nitrogens is 1. The van der Waals surface area contributed by atoms with Crippen LogP contribution in [0.4, 0.5) is 0 Å². The number of carbonyl (C=O) groups excluding carboxylic acids is 2. The maximum Gasteiger partial charge on any atom is 0.328 e. The van der Waals surface area contributed by atoms with E-state index in [2.05, 4.69) is 14.4 Å². The first-order valence-electron chi connectivity index (χ1n) is 5.27. The summed E-state index contributed by atoms with van der Waals surface area (Å²) in [5, 5.41) is 4.33. The molecule has 0 saturated carbocycles. The number of methoxy groups -OCH3 is 1. The van der Waals surface area contributed by atoms with Crippen LogP contribution in [0.2, 0.25) is 0 Å². The van der Waals surface area contributed by atoms with Gasteiger partial charge in [-0.2, -0.15) is 4.37 Å². The highest BCUT2D eigenvalue weighted by atomic mass is 32.1. The molecule has 17 heavy (non-hydrogen) atoms. The van der Waals surface area contributed by atoms with E-state index in [1.807, 2.05) is 13.8 Å². The van der Waals surface area contributed by atoms with Crippen LogP contribution < -0.4 is 5.32 Å².